The van der Waals surface area contributed by atoms with Gasteiger partial charge in [-0.3, -0.25) is 9.48 Å². The highest BCUT2D eigenvalue weighted by atomic mass is 127. The van der Waals surface area contributed by atoms with Gasteiger partial charge in [0.2, 0.25) is 0 Å². The third kappa shape index (κ3) is 4.41. The number of benzene rings is 1. The predicted octanol–water partition coefficient (Wildman–Crippen LogP) is 3.15. The number of aromatic nitrogens is 5. The highest BCUT2D eigenvalue weighted by molar-refractivity contribution is 14.1. The summed E-state index contributed by atoms with van der Waals surface area (Å²) in [5.41, 5.74) is 2.31. The minimum absolute atomic E-state index is 0.210. The number of pyridine rings is 2. The summed E-state index contributed by atoms with van der Waals surface area (Å²) in [5, 5.41) is 13.0. The molecule has 0 radical (unpaired) electrons. The first-order chi connectivity index (χ1) is 15.5. The van der Waals surface area contributed by atoms with Crippen molar-refractivity contribution in [1.82, 2.24) is 28.1 Å². The van der Waals surface area contributed by atoms with Crippen LogP contribution < -0.4 is 10.2 Å². The molecule has 1 amide bonds. The number of carbonyl (C=O) groups excluding carboxylic acids is 1. The average molecular weight is 540 g/mol. The maximum atomic E-state index is 12.9. The Morgan fingerprint density at radius 1 is 1.03 bits per heavy atom. The predicted molar refractivity (Wildman–Crippen MR) is 132 cm³/mol. The van der Waals surface area contributed by atoms with E-state index in [0.717, 1.165) is 54.0 Å². The number of fused-ring (bicyclic) bond motifs is 1. The Bertz CT molecular complexity index is 1280. The summed E-state index contributed by atoms with van der Waals surface area (Å²) in [4.78, 5) is 24.0. The number of hydrogen-bond acceptors (Lipinski definition) is 7. The van der Waals surface area contributed by atoms with Crippen LogP contribution in [0.3, 0.4) is 0 Å². The Balaban J connectivity index is 1.36. The van der Waals surface area contributed by atoms with Crippen molar-refractivity contribution in [2.24, 2.45) is 7.05 Å². The van der Waals surface area contributed by atoms with Gasteiger partial charge in [0, 0.05) is 85.0 Å². The van der Waals surface area contributed by atoms with Crippen molar-refractivity contribution < 1.29 is 4.79 Å². The molecule has 0 aliphatic carbocycles. The number of hydrogen-bond donors (Lipinski definition) is 1. The van der Waals surface area contributed by atoms with Gasteiger partial charge in [-0.1, -0.05) is 17.3 Å². The van der Waals surface area contributed by atoms with E-state index in [9.17, 15) is 4.79 Å². The summed E-state index contributed by atoms with van der Waals surface area (Å²) in [7, 11) is 1.84. The molecule has 1 aliphatic rings. The van der Waals surface area contributed by atoms with Crippen molar-refractivity contribution in [2.75, 3.05) is 36.4 Å². The van der Waals surface area contributed by atoms with Crippen molar-refractivity contribution in [3.63, 3.8) is 0 Å². The fourth-order valence-corrected chi connectivity index (χ4v) is 4.11. The Labute approximate surface area is 198 Å². The molecule has 1 N–H and O–H groups in total. The third-order valence-corrected chi connectivity index (χ3v) is 6.38. The van der Waals surface area contributed by atoms with Crippen LogP contribution in [-0.2, 0) is 7.05 Å². The second kappa shape index (κ2) is 8.79. The van der Waals surface area contributed by atoms with Gasteiger partial charge in [-0.15, -0.1) is 5.10 Å². The minimum atomic E-state index is -0.210. The maximum Gasteiger partial charge on any atom is 0.257 e. The van der Waals surface area contributed by atoms with Gasteiger partial charge >= 0.3 is 0 Å². The standard InChI is InChI=1S/C22H21IN8O/c1-29-14-19(27-28-29)15-2-3-17-13-25-20(11-18(17)10-15)26-22(32)16-4-5-24-21(12-16)30-6-8-31(23)9-7-30/h2-5,10-14H,6-9H2,1H3,(H,25,26,32). The Kier molecular flexibility index (Phi) is 5.70. The zero-order valence-corrected chi connectivity index (χ0v) is 19.6. The molecule has 0 saturated carbocycles. The van der Waals surface area contributed by atoms with Crippen molar-refractivity contribution in [3.8, 4) is 11.3 Å². The second-order valence-corrected chi connectivity index (χ2v) is 9.03. The van der Waals surface area contributed by atoms with E-state index in [-0.39, 0.29) is 5.91 Å². The minimum Gasteiger partial charge on any atom is -0.354 e. The molecule has 1 aromatic carbocycles. The summed E-state index contributed by atoms with van der Waals surface area (Å²) in [6.45, 7) is 3.72. The van der Waals surface area contributed by atoms with Crippen LogP contribution in [0.2, 0.25) is 0 Å². The summed E-state index contributed by atoms with van der Waals surface area (Å²) in [6.07, 6.45) is 5.31. The number of halogens is 1. The highest BCUT2D eigenvalue weighted by Crippen LogP contribution is 2.24. The third-order valence-electron chi connectivity index (χ3n) is 5.42. The Morgan fingerprint density at radius 3 is 2.66 bits per heavy atom. The topological polar surface area (TPSA) is 92.1 Å². The number of aryl methyl sites for hydroxylation is 1. The number of carbonyl (C=O) groups is 1. The number of rotatable bonds is 4. The van der Waals surface area contributed by atoms with Crippen LogP contribution in [0.1, 0.15) is 10.4 Å². The van der Waals surface area contributed by atoms with Gasteiger partial charge in [-0.2, -0.15) is 0 Å². The first-order valence-corrected chi connectivity index (χ1v) is 11.2. The normalized spacial score (nSPS) is 14.6. The van der Waals surface area contributed by atoms with E-state index >= 15 is 0 Å². The lowest BCUT2D eigenvalue weighted by molar-refractivity contribution is 0.102. The average Bonchev–Trinajstić information content (AvgIpc) is 3.25. The molecule has 1 fully saturated rings. The van der Waals surface area contributed by atoms with Crippen LogP contribution in [0, 0.1) is 0 Å². The molecule has 4 heterocycles. The molecule has 1 aliphatic heterocycles. The van der Waals surface area contributed by atoms with E-state index in [2.05, 4.69) is 56.5 Å². The van der Waals surface area contributed by atoms with Crippen LogP contribution in [0.5, 0.6) is 0 Å². The molecule has 0 atom stereocenters. The van der Waals surface area contributed by atoms with Gasteiger partial charge in [0.1, 0.15) is 17.3 Å². The molecule has 5 rings (SSSR count). The molecule has 162 valence electrons. The zero-order valence-electron chi connectivity index (χ0n) is 17.4. The largest absolute Gasteiger partial charge is 0.354 e. The van der Waals surface area contributed by atoms with E-state index in [1.807, 2.05) is 43.6 Å². The van der Waals surface area contributed by atoms with Crippen LogP contribution >= 0.6 is 22.9 Å². The number of nitrogens with one attached hydrogen (secondary N) is 1. The van der Waals surface area contributed by atoms with Crippen LogP contribution in [-0.4, -0.2) is 60.2 Å². The lowest BCUT2D eigenvalue weighted by Crippen LogP contribution is -2.42. The van der Waals surface area contributed by atoms with Crippen LogP contribution in [0.4, 0.5) is 11.6 Å². The van der Waals surface area contributed by atoms with E-state index in [1.54, 1.807) is 23.1 Å². The van der Waals surface area contributed by atoms with Gasteiger partial charge in [0.15, 0.2) is 0 Å². The molecule has 32 heavy (non-hydrogen) atoms. The fraction of sp³-hybridized carbons (Fsp3) is 0.227. The first-order valence-electron chi connectivity index (χ1n) is 10.2. The molecule has 0 bridgehead atoms. The monoisotopic (exact) mass is 540 g/mol. The molecular formula is C22H21IN8O. The number of anilines is 2. The summed E-state index contributed by atoms with van der Waals surface area (Å²) < 4.78 is 3.93. The Morgan fingerprint density at radius 2 is 1.88 bits per heavy atom. The van der Waals surface area contributed by atoms with E-state index < -0.39 is 0 Å². The molecule has 1 saturated heterocycles. The fourth-order valence-electron chi connectivity index (χ4n) is 3.68. The summed E-state index contributed by atoms with van der Waals surface area (Å²) in [6, 6.07) is 11.4. The highest BCUT2D eigenvalue weighted by Gasteiger charge is 2.18. The van der Waals surface area contributed by atoms with E-state index in [0.29, 0.717) is 11.4 Å². The van der Waals surface area contributed by atoms with Gasteiger partial charge in [-0.05, 0) is 29.7 Å². The zero-order chi connectivity index (χ0) is 22.1. The summed E-state index contributed by atoms with van der Waals surface area (Å²) in [5.74, 6) is 1.11. The second-order valence-electron chi connectivity index (χ2n) is 7.66. The molecule has 0 unspecified atom stereocenters. The number of nitrogens with zero attached hydrogens (tertiary/aromatic N) is 7. The smallest absolute Gasteiger partial charge is 0.257 e. The van der Waals surface area contributed by atoms with Crippen LogP contribution in [0.25, 0.3) is 22.0 Å². The molecular weight excluding hydrogens is 519 g/mol. The maximum absolute atomic E-state index is 12.9. The molecule has 0 spiro atoms. The van der Waals surface area contributed by atoms with Crippen molar-refractivity contribution in [3.05, 3.63) is 60.6 Å². The van der Waals surface area contributed by atoms with E-state index in [1.165, 1.54) is 0 Å². The molecule has 9 nitrogen and oxygen atoms in total. The number of piperazine rings is 1. The first kappa shape index (κ1) is 20.8. The van der Waals surface area contributed by atoms with Crippen molar-refractivity contribution in [2.45, 2.75) is 0 Å². The molecule has 10 heteroatoms. The SMILES string of the molecule is Cn1cc(-c2ccc3cnc(NC(=O)c4ccnc(N5CCN(I)CC5)c4)cc3c2)nn1. The van der Waals surface area contributed by atoms with Gasteiger partial charge in [-0.25, -0.2) is 13.1 Å². The summed E-state index contributed by atoms with van der Waals surface area (Å²) >= 11 is 2.34. The molecule has 3 aromatic heterocycles. The van der Waals surface area contributed by atoms with Crippen molar-refractivity contribution in [1.29, 1.82) is 0 Å². The lowest BCUT2D eigenvalue weighted by Gasteiger charge is -2.32. The van der Waals surface area contributed by atoms with Crippen LogP contribution in [0.15, 0.2) is 55.0 Å². The quantitative estimate of drug-likeness (QED) is 0.314. The van der Waals surface area contributed by atoms with Crippen molar-refractivity contribution >= 4 is 51.2 Å². The molecule has 4 aromatic rings. The lowest BCUT2D eigenvalue weighted by atomic mass is 10.1. The number of amides is 1. The van der Waals surface area contributed by atoms with Gasteiger partial charge in [0.25, 0.3) is 5.91 Å². The van der Waals surface area contributed by atoms with Gasteiger partial charge < -0.3 is 10.2 Å². The Hall–Kier alpha value is -3.12. The van der Waals surface area contributed by atoms with E-state index in [4.69, 9.17) is 0 Å². The van der Waals surface area contributed by atoms with Gasteiger partial charge in [0.05, 0.1) is 6.20 Å².